The van der Waals surface area contributed by atoms with Crippen LogP contribution in [0.25, 0.3) is 0 Å². The number of halogens is 3. The minimum Gasteiger partial charge on any atom is -0.481 e. The highest BCUT2D eigenvalue weighted by molar-refractivity contribution is 5.71. The van der Waals surface area contributed by atoms with E-state index in [0.717, 1.165) is 12.8 Å². The lowest BCUT2D eigenvalue weighted by molar-refractivity contribution is -0.197. The van der Waals surface area contributed by atoms with Gasteiger partial charge < -0.3 is 14.9 Å². The number of likely N-dealkylation sites (tertiary alicyclic amines) is 1. The Morgan fingerprint density at radius 2 is 1.89 bits per heavy atom. The Balaban J connectivity index is 2.51. The first-order chi connectivity index (χ1) is 8.21. The van der Waals surface area contributed by atoms with Crippen LogP contribution in [0.4, 0.5) is 13.2 Å². The van der Waals surface area contributed by atoms with Crippen LogP contribution in [0, 0.1) is 5.92 Å². The fourth-order valence-electron chi connectivity index (χ4n) is 2.20. The van der Waals surface area contributed by atoms with Crippen molar-refractivity contribution in [2.45, 2.75) is 25.1 Å². The van der Waals surface area contributed by atoms with Crippen LogP contribution in [0.5, 0.6) is 0 Å². The maximum atomic E-state index is 12.5. The number of hydrogen-bond acceptors (Lipinski definition) is 3. The highest BCUT2D eigenvalue weighted by atomic mass is 19.4. The van der Waals surface area contributed by atoms with E-state index in [9.17, 15) is 18.0 Å². The van der Waals surface area contributed by atoms with Crippen molar-refractivity contribution < 1.29 is 23.1 Å². The summed E-state index contributed by atoms with van der Waals surface area (Å²) in [5.74, 6) is -4.08. The first-order valence-electron chi connectivity index (χ1n) is 5.90. The lowest BCUT2D eigenvalue weighted by Crippen LogP contribution is -2.47. The molecule has 1 fully saturated rings. The van der Waals surface area contributed by atoms with Gasteiger partial charge in [0.2, 0.25) is 0 Å². The Morgan fingerprint density at radius 3 is 2.22 bits per heavy atom. The molecule has 0 aromatic heterocycles. The van der Waals surface area contributed by atoms with Crippen molar-refractivity contribution in [3.8, 4) is 0 Å². The van der Waals surface area contributed by atoms with Gasteiger partial charge in [-0.25, -0.2) is 0 Å². The molecule has 0 aromatic carbocycles. The molecule has 0 aromatic rings. The topological polar surface area (TPSA) is 43.8 Å². The zero-order chi connectivity index (χ0) is 13.9. The van der Waals surface area contributed by atoms with Gasteiger partial charge in [0.05, 0.1) is 0 Å². The first-order valence-corrected chi connectivity index (χ1v) is 5.90. The van der Waals surface area contributed by atoms with Gasteiger partial charge in [0.1, 0.15) is 0 Å². The quantitative estimate of drug-likeness (QED) is 0.834. The van der Waals surface area contributed by atoms with Crippen LogP contribution < -0.4 is 0 Å². The third kappa shape index (κ3) is 4.13. The van der Waals surface area contributed by atoms with E-state index in [4.69, 9.17) is 5.11 Å². The summed E-state index contributed by atoms with van der Waals surface area (Å²) in [5, 5.41) is 8.62. The average Bonchev–Trinajstić information content (AvgIpc) is 2.24. The van der Waals surface area contributed by atoms with Crippen LogP contribution in [-0.2, 0) is 4.79 Å². The van der Waals surface area contributed by atoms with E-state index >= 15 is 0 Å². The number of alkyl halides is 3. The molecule has 1 rings (SSSR count). The lowest BCUT2D eigenvalue weighted by atomic mass is 10.0. The third-order valence-corrected chi connectivity index (χ3v) is 3.42. The van der Waals surface area contributed by atoms with Crippen molar-refractivity contribution in [3.05, 3.63) is 0 Å². The normalized spacial score (nSPS) is 21.2. The molecular weight excluding hydrogens is 249 g/mol. The number of carbonyl (C=O) groups is 1. The molecule has 0 bridgehead atoms. The van der Waals surface area contributed by atoms with E-state index in [0.29, 0.717) is 19.1 Å². The Hall–Kier alpha value is -0.820. The van der Waals surface area contributed by atoms with Gasteiger partial charge in [0.25, 0.3) is 0 Å². The van der Waals surface area contributed by atoms with E-state index in [2.05, 4.69) is 4.90 Å². The molecule has 4 nitrogen and oxygen atoms in total. The molecule has 1 unspecified atom stereocenters. The van der Waals surface area contributed by atoms with Crippen molar-refractivity contribution in [1.82, 2.24) is 9.80 Å². The Morgan fingerprint density at radius 1 is 1.39 bits per heavy atom. The van der Waals surface area contributed by atoms with Crippen LogP contribution in [0.1, 0.15) is 12.8 Å². The second-order valence-electron chi connectivity index (χ2n) is 4.93. The van der Waals surface area contributed by atoms with Crippen LogP contribution in [0.3, 0.4) is 0 Å². The Kier molecular flexibility index (Phi) is 4.98. The van der Waals surface area contributed by atoms with Gasteiger partial charge in [-0.05, 0) is 40.0 Å². The summed E-state index contributed by atoms with van der Waals surface area (Å²) in [6.07, 6.45) is -3.13. The highest BCUT2D eigenvalue weighted by Gasteiger charge is 2.46. The van der Waals surface area contributed by atoms with E-state index in [-0.39, 0.29) is 0 Å². The third-order valence-electron chi connectivity index (χ3n) is 3.42. The largest absolute Gasteiger partial charge is 0.481 e. The summed E-state index contributed by atoms with van der Waals surface area (Å²) in [7, 11) is 3.88. The molecule has 106 valence electrons. The molecule has 18 heavy (non-hydrogen) atoms. The fraction of sp³-hybridized carbons (Fsp3) is 0.909. The predicted octanol–water partition coefficient (Wildman–Crippen LogP) is 1.28. The molecule has 1 saturated heterocycles. The molecule has 1 aliphatic heterocycles. The van der Waals surface area contributed by atoms with Gasteiger partial charge in [0, 0.05) is 12.6 Å². The molecule has 0 spiro atoms. The molecule has 1 aliphatic rings. The smallest absolute Gasteiger partial charge is 0.403 e. The summed E-state index contributed by atoms with van der Waals surface area (Å²) in [6, 6.07) is 0.371. The van der Waals surface area contributed by atoms with E-state index in [1.54, 1.807) is 4.90 Å². The number of carboxylic acids is 1. The number of hydrogen-bond donors (Lipinski definition) is 1. The number of rotatable bonds is 4. The summed E-state index contributed by atoms with van der Waals surface area (Å²) in [4.78, 5) is 14.3. The van der Waals surface area contributed by atoms with Crippen LogP contribution in [0.15, 0.2) is 0 Å². The Labute approximate surface area is 104 Å². The molecule has 1 atom stereocenters. The summed E-state index contributed by atoms with van der Waals surface area (Å²) >= 11 is 0. The molecule has 0 radical (unpaired) electrons. The highest BCUT2D eigenvalue weighted by Crippen LogP contribution is 2.28. The zero-order valence-corrected chi connectivity index (χ0v) is 10.6. The number of nitrogens with zero attached hydrogens (tertiary/aromatic N) is 2. The molecular formula is C11H19F3N2O2. The summed E-state index contributed by atoms with van der Waals surface area (Å²) in [5.41, 5.74) is 0. The molecule has 0 amide bonds. The van der Waals surface area contributed by atoms with Crippen molar-refractivity contribution in [3.63, 3.8) is 0 Å². The van der Waals surface area contributed by atoms with Crippen LogP contribution in [-0.4, -0.2) is 66.8 Å². The van der Waals surface area contributed by atoms with Crippen LogP contribution >= 0.6 is 0 Å². The zero-order valence-electron chi connectivity index (χ0n) is 10.6. The molecule has 1 N–H and O–H groups in total. The monoisotopic (exact) mass is 268 g/mol. The number of aliphatic carboxylic acids is 1. The predicted molar refractivity (Wildman–Crippen MR) is 60.3 cm³/mol. The standard InChI is InChI=1S/C11H19F3N2O2/c1-15(2)8-3-5-16(6-4-8)7-9(10(17)18)11(12,13)14/h8-9H,3-7H2,1-2H3,(H,17,18). The Bertz CT molecular complexity index is 287. The lowest BCUT2D eigenvalue weighted by Gasteiger charge is -2.36. The van der Waals surface area contributed by atoms with Gasteiger partial charge >= 0.3 is 12.1 Å². The van der Waals surface area contributed by atoms with E-state index in [1.807, 2.05) is 14.1 Å². The van der Waals surface area contributed by atoms with E-state index in [1.165, 1.54) is 0 Å². The van der Waals surface area contributed by atoms with Gasteiger partial charge in [-0.15, -0.1) is 0 Å². The fourth-order valence-corrected chi connectivity index (χ4v) is 2.20. The van der Waals surface area contributed by atoms with Crippen molar-refractivity contribution in [2.24, 2.45) is 5.92 Å². The minimum absolute atomic E-state index is 0.371. The number of carboxylic acid groups (broad SMARTS) is 1. The second kappa shape index (κ2) is 5.88. The van der Waals surface area contributed by atoms with Crippen molar-refractivity contribution >= 4 is 5.97 Å². The summed E-state index contributed by atoms with van der Waals surface area (Å²) in [6.45, 7) is 0.588. The maximum Gasteiger partial charge on any atom is 0.403 e. The SMILES string of the molecule is CN(C)C1CCN(CC(C(=O)O)C(F)(F)F)CC1. The molecule has 0 saturated carbocycles. The van der Waals surface area contributed by atoms with Crippen molar-refractivity contribution in [1.29, 1.82) is 0 Å². The summed E-state index contributed by atoms with van der Waals surface area (Å²) < 4.78 is 37.5. The number of piperidine rings is 1. The first kappa shape index (κ1) is 15.2. The van der Waals surface area contributed by atoms with Crippen LogP contribution in [0.2, 0.25) is 0 Å². The van der Waals surface area contributed by atoms with Gasteiger partial charge in [-0.1, -0.05) is 0 Å². The minimum atomic E-state index is -4.68. The van der Waals surface area contributed by atoms with E-state index < -0.39 is 24.6 Å². The van der Waals surface area contributed by atoms with Gasteiger partial charge in [0.15, 0.2) is 5.92 Å². The maximum absolute atomic E-state index is 12.5. The molecule has 7 heteroatoms. The molecule has 0 aliphatic carbocycles. The van der Waals surface area contributed by atoms with Gasteiger partial charge in [-0.2, -0.15) is 13.2 Å². The molecule has 1 heterocycles. The van der Waals surface area contributed by atoms with Crippen molar-refractivity contribution in [2.75, 3.05) is 33.7 Å². The second-order valence-corrected chi connectivity index (χ2v) is 4.93. The average molecular weight is 268 g/mol. The van der Waals surface area contributed by atoms with Gasteiger partial charge in [-0.3, -0.25) is 4.79 Å².